The second kappa shape index (κ2) is 10.4. The summed E-state index contributed by atoms with van der Waals surface area (Å²) in [6.45, 7) is 3.86. The van der Waals surface area contributed by atoms with E-state index in [0.717, 1.165) is 21.2 Å². The van der Waals surface area contributed by atoms with Gasteiger partial charge >= 0.3 is 0 Å². The summed E-state index contributed by atoms with van der Waals surface area (Å²) < 4.78 is 15.3. The molecule has 0 radical (unpaired) electrons. The van der Waals surface area contributed by atoms with Gasteiger partial charge in [-0.2, -0.15) is 0 Å². The van der Waals surface area contributed by atoms with Gasteiger partial charge in [0.25, 0.3) is 5.91 Å². The van der Waals surface area contributed by atoms with Crippen molar-refractivity contribution >= 4 is 55.8 Å². The number of carbonyl (C=O) groups excluding carboxylic acids is 1. The van der Waals surface area contributed by atoms with Gasteiger partial charge < -0.3 is 10.4 Å². The summed E-state index contributed by atoms with van der Waals surface area (Å²) in [7, 11) is 0. The first-order chi connectivity index (χ1) is 12.8. The summed E-state index contributed by atoms with van der Waals surface area (Å²) in [5.41, 5.74) is 4.57. The van der Waals surface area contributed by atoms with Crippen LogP contribution in [0, 0.1) is 16.3 Å². The lowest BCUT2D eigenvalue weighted by Gasteiger charge is -2.16. The van der Waals surface area contributed by atoms with Crippen molar-refractivity contribution in [2.24, 2.45) is 0 Å². The number of hydrogen-bond donors (Lipinski definition) is 3. The first kappa shape index (κ1) is 22.1. The third-order valence-corrected chi connectivity index (χ3v) is 5.10. The summed E-state index contributed by atoms with van der Waals surface area (Å²) >= 11 is 5.32. The van der Waals surface area contributed by atoms with Crippen LogP contribution in [-0.4, -0.2) is 23.7 Å². The lowest BCUT2D eigenvalue weighted by atomic mass is 10.1. The Morgan fingerprint density at radius 3 is 2.74 bits per heavy atom. The molecule has 1 amide bonds. The molecular formula is C19H21BrFIN2O3. The maximum atomic E-state index is 14.0. The Morgan fingerprint density at radius 1 is 1.33 bits per heavy atom. The number of halogens is 3. The molecule has 1 unspecified atom stereocenters. The standard InChI is InChI=1S/C19H21BrFIN2O3/c1-3-4-13(25)10-27-24-19(26)14-8-15(20)16(21)9-18(14)23-17-6-5-12(22)7-11(17)2/h5-9,13,23,25H,3-4,10H2,1-2H3,(H,24,26). The van der Waals surface area contributed by atoms with E-state index in [1.54, 1.807) is 0 Å². The summed E-state index contributed by atoms with van der Waals surface area (Å²) in [6.07, 6.45) is 0.742. The molecule has 0 aliphatic rings. The number of hydrogen-bond acceptors (Lipinski definition) is 4. The lowest BCUT2D eigenvalue weighted by Crippen LogP contribution is -2.29. The second-order valence-electron chi connectivity index (χ2n) is 6.08. The van der Waals surface area contributed by atoms with E-state index in [1.165, 1.54) is 12.1 Å². The molecule has 0 heterocycles. The van der Waals surface area contributed by atoms with Crippen LogP contribution < -0.4 is 10.8 Å². The van der Waals surface area contributed by atoms with E-state index < -0.39 is 17.8 Å². The van der Waals surface area contributed by atoms with Gasteiger partial charge in [-0.3, -0.25) is 9.63 Å². The van der Waals surface area contributed by atoms with E-state index in [-0.39, 0.29) is 16.6 Å². The monoisotopic (exact) mass is 550 g/mol. The van der Waals surface area contributed by atoms with E-state index in [4.69, 9.17) is 4.84 Å². The molecule has 0 saturated carbocycles. The van der Waals surface area contributed by atoms with Crippen LogP contribution in [0.25, 0.3) is 0 Å². The highest BCUT2D eigenvalue weighted by Crippen LogP contribution is 2.29. The molecule has 0 fully saturated rings. The van der Waals surface area contributed by atoms with Crippen LogP contribution in [0.4, 0.5) is 15.8 Å². The van der Waals surface area contributed by atoms with Gasteiger partial charge in [-0.1, -0.05) is 13.3 Å². The number of benzene rings is 2. The predicted molar refractivity (Wildman–Crippen MR) is 116 cm³/mol. The van der Waals surface area contributed by atoms with Crippen LogP contribution in [0.3, 0.4) is 0 Å². The van der Waals surface area contributed by atoms with Crippen molar-refractivity contribution in [2.75, 3.05) is 11.9 Å². The number of amides is 1. The minimum Gasteiger partial charge on any atom is -0.391 e. The molecule has 0 aliphatic heterocycles. The Hall–Kier alpha value is -1.23. The van der Waals surface area contributed by atoms with Gasteiger partial charge in [0.05, 0.1) is 21.8 Å². The van der Waals surface area contributed by atoms with Crippen LogP contribution in [0.15, 0.2) is 34.8 Å². The molecule has 3 N–H and O–H groups in total. The van der Waals surface area contributed by atoms with E-state index in [1.807, 2.05) is 32.0 Å². The lowest BCUT2D eigenvalue weighted by molar-refractivity contribution is -0.0149. The SMILES string of the molecule is CCCC(O)CONC(=O)c1cc(Br)c(F)cc1Nc1ccc(I)cc1C. The van der Waals surface area contributed by atoms with Crippen LogP contribution >= 0.6 is 38.5 Å². The van der Waals surface area contributed by atoms with E-state index >= 15 is 0 Å². The molecule has 0 aromatic heterocycles. The minimum absolute atomic E-state index is 0.0130. The predicted octanol–water partition coefficient (Wildman–Crippen LogP) is 5.07. The third-order valence-electron chi connectivity index (χ3n) is 3.83. The number of anilines is 2. The molecule has 0 aliphatic carbocycles. The van der Waals surface area contributed by atoms with Crippen molar-refractivity contribution in [1.82, 2.24) is 5.48 Å². The Balaban J connectivity index is 2.19. The van der Waals surface area contributed by atoms with Gasteiger partial charge in [-0.15, -0.1) is 0 Å². The minimum atomic E-state index is -0.651. The quantitative estimate of drug-likeness (QED) is 0.317. The largest absolute Gasteiger partial charge is 0.391 e. The smallest absolute Gasteiger partial charge is 0.276 e. The van der Waals surface area contributed by atoms with Crippen LogP contribution in [0.1, 0.15) is 35.7 Å². The van der Waals surface area contributed by atoms with Crippen molar-refractivity contribution in [3.8, 4) is 0 Å². The van der Waals surface area contributed by atoms with E-state index in [9.17, 15) is 14.3 Å². The van der Waals surface area contributed by atoms with Crippen LogP contribution in [-0.2, 0) is 4.84 Å². The van der Waals surface area contributed by atoms with Crippen LogP contribution in [0.2, 0.25) is 0 Å². The first-order valence-electron chi connectivity index (χ1n) is 8.44. The average molecular weight is 551 g/mol. The molecule has 27 heavy (non-hydrogen) atoms. The zero-order valence-corrected chi connectivity index (χ0v) is 18.7. The first-order valence-corrected chi connectivity index (χ1v) is 10.3. The molecule has 0 bridgehead atoms. The van der Waals surface area contributed by atoms with Crippen LogP contribution in [0.5, 0.6) is 0 Å². The molecule has 2 rings (SSSR count). The molecule has 146 valence electrons. The Kier molecular flexibility index (Phi) is 8.46. The average Bonchev–Trinajstić information content (AvgIpc) is 2.60. The van der Waals surface area contributed by atoms with Gasteiger partial charge in [0.15, 0.2) is 0 Å². The molecule has 2 aromatic carbocycles. The fraction of sp³-hybridized carbons (Fsp3) is 0.316. The zero-order chi connectivity index (χ0) is 20.0. The molecule has 5 nitrogen and oxygen atoms in total. The van der Waals surface area contributed by atoms with Crippen molar-refractivity contribution in [3.05, 3.63) is 55.3 Å². The van der Waals surface area contributed by atoms with Crippen molar-refractivity contribution < 1.29 is 19.1 Å². The topological polar surface area (TPSA) is 70.6 Å². The Morgan fingerprint density at radius 2 is 2.07 bits per heavy atom. The van der Waals surface area contributed by atoms with Gasteiger partial charge in [-0.05, 0) is 87.8 Å². The fourth-order valence-corrected chi connectivity index (χ4v) is 3.42. The maximum absolute atomic E-state index is 14.0. The summed E-state index contributed by atoms with van der Waals surface area (Å²) in [6, 6.07) is 8.42. The number of carbonyl (C=O) groups is 1. The van der Waals surface area contributed by atoms with Gasteiger partial charge in [-0.25, -0.2) is 9.87 Å². The Labute approximate surface area is 179 Å². The van der Waals surface area contributed by atoms with E-state index in [0.29, 0.717) is 12.1 Å². The van der Waals surface area contributed by atoms with Crippen molar-refractivity contribution in [3.63, 3.8) is 0 Å². The number of nitrogens with one attached hydrogen (secondary N) is 2. The van der Waals surface area contributed by atoms with Crippen molar-refractivity contribution in [2.45, 2.75) is 32.8 Å². The maximum Gasteiger partial charge on any atom is 0.276 e. The highest BCUT2D eigenvalue weighted by Gasteiger charge is 2.17. The van der Waals surface area contributed by atoms with E-state index in [2.05, 4.69) is 49.3 Å². The molecule has 1 atom stereocenters. The summed E-state index contributed by atoms with van der Waals surface area (Å²) in [4.78, 5) is 17.6. The highest BCUT2D eigenvalue weighted by molar-refractivity contribution is 14.1. The summed E-state index contributed by atoms with van der Waals surface area (Å²) in [5.74, 6) is -1.03. The molecule has 8 heteroatoms. The molecule has 0 spiro atoms. The normalized spacial score (nSPS) is 11.9. The van der Waals surface area contributed by atoms with Gasteiger partial charge in [0.1, 0.15) is 12.4 Å². The Bertz CT molecular complexity index is 820. The number of rotatable bonds is 8. The number of aliphatic hydroxyl groups is 1. The third kappa shape index (κ3) is 6.41. The number of aryl methyl sites for hydroxylation is 1. The molecular weight excluding hydrogens is 530 g/mol. The highest BCUT2D eigenvalue weighted by atomic mass is 127. The van der Waals surface area contributed by atoms with Crippen molar-refractivity contribution in [1.29, 1.82) is 0 Å². The van der Waals surface area contributed by atoms with Gasteiger partial charge in [0.2, 0.25) is 0 Å². The molecule has 0 saturated heterocycles. The zero-order valence-electron chi connectivity index (χ0n) is 15.0. The summed E-state index contributed by atoms with van der Waals surface area (Å²) in [5, 5.41) is 12.8. The van der Waals surface area contributed by atoms with Gasteiger partial charge in [0, 0.05) is 9.26 Å². The number of aliphatic hydroxyl groups excluding tert-OH is 1. The molecule has 2 aromatic rings. The second-order valence-corrected chi connectivity index (χ2v) is 8.18. The fourth-order valence-electron chi connectivity index (χ4n) is 2.43. The number of hydroxylamine groups is 1.